The lowest BCUT2D eigenvalue weighted by Gasteiger charge is -2.18. The summed E-state index contributed by atoms with van der Waals surface area (Å²) >= 11 is 0. The van der Waals surface area contributed by atoms with Gasteiger partial charge in [-0.15, -0.1) is 0 Å². The fourth-order valence-corrected chi connectivity index (χ4v) is 1.84. The van der Waals surface area contributed by atoms with Crippen LogP contribution in [-0.4, -0.2) is 36.1 Å². The van der Waals surface area contributed by atoms with E-state index in [-0.39, 0.29) is 5.56 Å². The predicted molar refractivity (Wildman–Crippen MR) is 68.0 cm³/mol. The molecule has 100 valence electrons. The molecule has 0 saturated heterocycles. The summed E-state index contributed by atoms with van der Waals surface area (Å²) in [5.74, 6) is -0.656. The van der Waals surface area contributed by atoms with E-state index in [4.69, 9.17) is 5.11 Å². The Bertz CT molecular complexity index is 617. The van der Waals surface area contributed by atoms with E-state index in [1.165, 1.54) is 24.1 Å². The van der Waals surface area contributed by atoms with Crippen molar-refractivity contribution in [2.24, 2.45) is 0 Å². The maximum atomic E-state index is 12.3. The average molecular weight is 266 g/mol. The summed E-state index contributed by atoms with van der Waals surface area (Å²) in [5.41, 5.74) is 0.617. The van der Waals surface area contributed by atoms with Gasteiger partial charge in [0, 0.05) is 12.4 Å². The zero-order chi connectivity index (χ0) is 14.0. The van der Waals surface area contributed by atoms with Gasteiger partial charge in [-0.1, -0.05) is 6.07 Å². The Kier molecular flexibility index (Phi) is 3.59. The third kappa shape index (κ3) is 2.78. The van der Waals surface area contributed by atoms with Crippen molar-refractivity contribution in [1.82, 2.24) is 4.98 Å². The van der Waals surface area contributed by atoms with E-state index in [1.54, 1.807) is 18.2 Å². The zero-order valence-electron chi connectivity index (χ0n) is 10.2. The van der Waals surface area contributed by atoms with Gasteiger partial charge in [-0.3, -0.25) is 0 Å². The van der Waals surface area contributed by atoms with Gasteiger partial charge in [0.1, 0.15) is 5.82 Å². The maximum absolute atomic E-state index is 12.3. The van der Waals surface area contributed by atoms with Crippen molar-refractivity contribution in [3.8, 4) is 0 Å². The molecule has 2 rings (SSSR count). The first kappa shape index (κ1) is 13.2. The summed E-state index contributed by atoms with van der Waals surface area (Å²) in [7, 11) is 1.52. The Hall–Kier alpha value is -2.24. The van der Waals surface area contributed by atoms with E-state index >= 15 is 0 Å². The fraction of sp³-hybridized carbons (Fsp3) is 0.231. The van der Waals surface area contributed by atoms with Crippen LogP contribution in [0.15, 0.2) is 30.3 Å². The van der Waals surface area contributed by atoms with Gasteiger partial charge >= 0.3 is 5.97 Å². The second-order valence-corrected chi connectivity index (χ2v) is 4.12. The Morgan fingerprint density at radius 2 is 2.11 bits per heavy atom. The van der Waals surface area contributed by atoms with Gasteiger partial charge in [-0.25, -0.2) is 18.6 Å². The molecule has 1 N–H and O–H groups in total. The van der Waals surface area contributed by atoms with Crippen LogP contribution < -0.4 is 4.90 Å². The highest BCUT2D eigenvalue weighted by Crippen LogP contribution is 2.21. The number of aromatic carboxylic acids is 1. The summed E-state index contributed by atoms with van der Waals surface area (Å²) in [4.78, 5) is 16.6. The molecule has 1 heterocycles. The van der Waals surface area contributed by atoms with Gasteiger partial charge in [0.2, 0.25) is 0 Å². The van der Waals surface area contributed by atoms with Crippen LogP contribution in [0.3, 0.4) is 0 Å². The molecule has 0 bridgehead atoms. The summed E-state index contributed by atoms with van der Waals surface area (Å²) < 4.78 is 24.6. The van der Waals surface area contributed by atoms with Crippen molar-refractivity contribution in [3.05, 3.63) is 35.9 Å². The second-order valence-electron chi connectivity index (χ2n) is 4.12. The molecule has 0 aliphatic rings. The summed E-state index contributed by atoms with van der Waals surface area (Å²) in [6, 6.07) is 7.84. The van der Waals surface area contributed by atoms with Gasteiger partial charge in [0.25, 0.3) is 6.43 Å². The highest BCUT2D eigenvalue weighted by Gasteiger charge is 2.12. The number of pyridine rings is 1. The molecule has 19 heavy (non-hydrogen) atoms. The third-order valence-electron chi connectivity index (χ3n) is 2.75. The first-order valence-electron chi connectivity index (χ1n) is 5.61. The first-order chi connectivity index (χ1) is 8.99. The van der Waals surface area contributed by atoms with Crippen molar-refractivity contribution in [1.29, 1.82) is 0 Å². The van der Waals surface area contributed by atoms with Crippen LogP contribution in [0.2, 0.25) is 0 Å². The van der Waals surface area contributed by atoms with Gasteiger partial charge < -0.3 is 10.0 Å². The summed E-state index contributed by atoms with van der Waals surface area (Å²) in [6.45, 7) is -0.420. The smallest absolute Gasteiger partial charge is 0.336 e. The van der Waals surface area contributed by atoms with Crippen LogP contribution in [0.4, 0.5) is 14.6 Å². The number of aromatic nitrogens is 1. The number of nitrogens with zero attached hydrogens (tertiary/aromatic N) is 2. The highest BCUT2D eigenvalue weighted by molar-refractivity contribution is 6.02. The molecule has 4 nitrogen and oxygen atoms in total. The maximum Gasteiger partial charge on any atom is 0.336 e. The Balaban J connectivity index is 2.44. The molecule has 0 aliphatic heterocycles. The first-order valence-corrected chi connectivity index (χ1v) is 5.61. The summed E-state index contributed by atoms with van der Waals surface area (Å²) in [5, 5.41) is 9.53. The van der Waals surface area contributed by atoms with Crippen molar-refractivity contribution < 1.29 is 18.7 Å². The standard InChI is InChI=1S/C13H12F2N2O2/c1-17(7-11(14)15)12-6-5-8-9(13(18)19)3-2-4-10(8)16-12/h2-6,11H,7H2,1H3,(H,18,19). The fourth-order valence-electron chi connectivity index (χ4n) is 1.84. The number of alkyl halides is 2. The van der Waals surface area contributed by atoms with Gasteiger partial charge in [-0.05, 0) is 24.3 Å². The normalized spacial score (nSPS) is 10.9. The molecule has 0 unspecified atom stereocenters. The van der Waals surface area contributed by atoms with Crippen LogP contribution in [0, 0.1) is 0 Å². The van der Waals surface area contributed by atoms with Gasteiger partial charge in [-0.2, -0.15) is 0 Å². The lowest BCUT2D eigenvalue weighted by Crippen LogP contribution is -2.24. The highest BCUT2D eigenvalue weighted by atomic mass is 19.3. The van der Waals surface area contributed by atoms with E-state index in [9.17, 15) is 13.6 Å². The Morgan fingerprint density at radius 1 is 1.37 bits per heavy atom. The van der Waals surface area contributed by atoms with Crippen molar-refractivity contribution >= 4 is 22.7 Å². The van der Waals surface area contributed by atoms with E-state index in [1.807, 2.05) is 0 Å². The molecule has 0 amide bonds. The van der Waals surface area contributed by atoms with E-state index < -0.39 is 18.9 Å². The molecule has 0 radical (unpaired) electrons. The number of carboxylic acid groups (broad SMARTS) is 1. The topological polar surface area (TPSA) is 53.4 Å². The van der Waals surface area contributed by atoms with E-state index in [0.717, 1.165) is 0 Å². The Morgan fingerprint density at radius 3 is 2.74 bits per heavy atom. The van der Waals surface area contributed by atoms with E-state index in [2.05, 4.69) is 4.98 Å². The molecular formula is C13H12F2N2O2. The zero-order valence-corrected chi connectivity index (χ0v) is 10.2. The molecule has 1 aromatic carbocycles. The van der Waals surface area contributed by atoms with Crippen LogP contribution >= 0.6 is 0 Å². The minimum Gasteiger partial charge on any atom is -0.478 e. The number of fused-ring (bicyclic) bond motifs is 1. The van der Waals surface area contributed by atoms with Crippen molar-refractivity contribution in [3.63, 3.8) is 0 Å². The molecule has 1 aromatic heterocycles. The SMILES string of the molecule is CN(CC(F)F)c1ccc2c(C(=O)O)cccc2n1. The monoisotopic (exact) mass is 266 g/mol. The number of hydrogen-bond acceptors (Lipinski definition) is 3. The minimum atomic E-state index is -2.45. The number of carboxylic acids is 1. The third-order valence-corrected chi connectivity index (χ3v) is 2.75. The predicted octanol–water partition coefficient (Wildman–Crippen LogP) is 2.63. The second kappa shape index (κ2) is 5.17. The molecule has 0 saturated carbocycles. The van der Waals surface area contributed by atoms with E-state index in [0.29, 0.717) is 16.7 Å². The number of anilines is 1. The number of halogens is 2. The molecule has 2 aromatic rings. The van der Waals surface area contributed by atoms with Crippen LogP contribution in [-0.2, 0) is 0 Å². The largest absolute Gasteiger partial charge is 0.478 e. The Labute approximate surface area is 108 Å². The lowest BCUT2D eigenvalue weighted by molar-refractivity contribution is 0.0699. The number of rotatable bonds is 4. The molecule has 0 spiro atoms. The van der Waals surface area contributed by atoms with Gasteiger partial charge in [0.05, 0.1) is 17.6 Å². The molecule has 6 heteroatoms. The number of benzene rings is 1. The summed E-state index contributed by atoms with van der Waals surface area (Å²) in [6.07, 6.45) is -2.45. The average Bonchev–Trinajstić information content (AvgIpc) is 2.36. The molecule has 0 aliphatic carbocycles. The van der Waals surface area contributed by atoms with Crippen molar-refractivity contribution in [2.45, 2.75) is 6.43 Å². The molecule has 0 atom stereocenters. The van der Waals surface area contributed by atoms with Gasteiger partial charge in [0.15, 0.2) is 0 Å². The molecular weight excluding hydrogens is 254 g/mol. The lowest BCUT2D eigenvalue weighted by atomic mass is 10.1. The molecule has 0 fully saturated rings. The minimum absolute atomic E-state index is 0.146. The quantitative estimate of drug-likeness (QED) is 0.924. The van der Waals surface area contributed by atoms with Crippen LogP contribution in [0.1, 0.15) is 10.4 Å². The number of hydrogen-bond donors (Lipinski definition) is 1. The van der Waals surface area contributed by atoms with Crippen LogP contribution in [0.5, 0.6) is 0 Å². The van der Waals surface area contributed by atoms with Crippen LogP contribution in [0.25, 0.3) is 10.9 Å². The van der Waals surface area contributed by atoms with Crippen molar-refractivity contribution in [2.75, 3.05) is 18.5 Å². The number of carbonyl (C=O) groups is 1.